The van der Waals surface area contributed by atoms with Crippen LogP contribution in [-0.4, -0.2) is 21.0 Å². The number of amides is 2. The first-order valence-corrected chi connectivity index (χ1v) is 11.5. The van der Waals surface area contributed by atoms with E-state index in [2.05, 4.69) is 15.9 Å². The Hall–Kier alpha value is -3.43. The van der Waals surface area contributed by atoms with Gasteiger partial charge in [0, 0.05) is 10.5 Å². The number of ether oxygens (including phenoxy) is 1. The topological polar surface area (TPSA) is 89.7 Å². The van der Waals surface area contributed by atoms with E-state index in [9.17, 15) is 19.7 Å². The molecule has 0 aromatic heterocycles. The summed E-state index contributed by atoms with van der Waals surface area (Å²) in [6.07, 6.45) is 1.64. The van der Waals surface area contributed by atoms with Crippen molar-refractivity contribution in [3.8, 4) is 5.75 Å². The highest BCUT2D eigenvalue weighted by Gasteiger charge is 2.35. The first-order chi connectivity index (χ1) is 15.9. The molecule has 33 heavy (non-hydrogen) atoms. The van der Waals surface area contributed by atoms with Crippen LogP contribution < -0.4 is 4.74 Å². The first kappa shape index (κ1) is 22.8. The zero-order chi connectivity index (χ0) is 23.4. The third kappa shape index (κ3) is 5.50. The Morgan fingerprint density at radius 1 is 1.03 bits per heavy atom. The van der Waals surface area contributed by atoms with Crippen LogP contribution >= 0.6 is 27.7 Å². The number of halogens is 1. The lowest BCUT2D eigenvalue weighted by Gasteiger charge is -2.12. The standard InChI is InChI=1S/C24H17BrN2O5S/c25-19-10-8-16(9-11-19)14-26-23(28)22(33-24(26)29)13-17-4-3-6-20(12-17)32-15-18-5-1-2-7-21(18)27(30)31/h1-13H,14-15H2/b22-13-. The lowest BCUT2D eigenvalue weighted by Crippen LogP contribution is -2.27. The van der Waals surface area contributed by atoms with Crippen molar-refractivity contribution >= 4 is 50.6 Å². The van der Waals surface area contributed by atoms with Gasteiger partial charge in [0.25, 0.3) is 16.8 Å². The fraction of sp³-hybridized carbons (Fsp3) is 0.0833. The molecule has 1 aliphatic heterocycles. The normalized spacial score (nSPS) is 14.7. The zero-order valence-electron chi connectivity index (χ0n) is 17.1. The quantitative estimate of drug-likeness (QED) is 0.208. The molecule has 1 heterocycles. The van der Waals surface area contributed by atoms with E-state index in [-0.39, 0.29) is 30.0 Å². The average molecular weight is 525 g/mol. The van der Waals surface area contributed by atoms with Gasteiger partial charge < -0.3 is 4.74 Å². The van der Waals surface area contributed by atoms with E-state index in [0.29, 0.717) is 21.8 Å². The van der Waals surface area contributed by atoms with Gasteiger partial charge in [0.2, 0.25) is 0 Å². The predicted molar refractivity (Wildman–Crippen MR) is 130 cm³/mol. The predicted octanol–water partition coefficient (Wildman–Crippen LogP) is 6.17. The summed E-state index contributed by atoms with van der Waals surface area (Å²) >= 11 is 4.26. The van der Waals surface area contributed by atoms with Crippen LogP contribution in [0.4, 0.5) is 10.5 Å². The molecule has 0 saturated carbocycles. The molecule has 2 amide bonds. The summed E-state index contributed by atoms with van der Waals surface area (Å²) in [5.74, 6) is 0.148. The van der Waals surface area contributed by atoms with Crippen LogP contribution in [0.1, 0.15) is 16.7 Å². The number of hydrogen-bond donors (Lipinski definition) is 0. The van der Waals surface area contributed by atoms with E-state index in [1.807, 2.05) is 24.3 Å². The Bertz CT molecular complexity index is 1260. The number of hydrogen-bond acceptors (Lipinski definition) is 6. The molecule has 0 unspecified atom stereocenters. The minimum atomic E-state index is -0.445. The van der Waals surface area contributed by atoms with E-state index in [0.717, 1.165) is 21.8 Å². The summed E-state index contributed by atoms with van der Waals surface area (Å²) in [5, 5.41) is 10.8. The molecular weight excluding hydrogens is 508 g/mol. The molecule has 166 valence electrons. The molecule has 1 saturated heterocycles. The first-order valence-electron chi connectivity index (χ1n) is 9.86. The van der Waals surface area contributed by atoms with Gasteiger partial charge >= 0.3 is 0 Å². The SMILES string of the molecule is O=C1S/C(=C\c2cccc(OCc3ccccc3[N+](=O)[O-])c2)C(=O)N1Cc1ccc(Br)cc1. The van der Waals surface area contributed by atoms with Crippen molar-refractivity contribution in [2.45, 2.75) is 13.2 Å². The maximum atomic E-state index is 12.8. The van der Waals surface area contributed by atoms with Crippen LogP contribution in [-0.2, 0) is 17.9 Å². The van der Waals surface area contributed by atoms with Gasteiger partial charge in [-0.15, -0.1) is 0 Å². The molecule has 4 rings (SSSR count). The van der Waals surface area contributed by atoms with Crippen molar-refractivity contribution in [1.82, 2.24) is 4.90 Å². The molecule has 1 fully saturated rings. The maximum absolute atomic E-state index is 12.8. The molecule has 0 aliphatic carbocycles. The summed E-state index contributed by atoms with van der Waals surface area (Å²) < 4.78 is 6.66. The van der Waals surface area contributed by atoms with Gasteiger partial charge in [-0.25, -0.2) is 0 Å². The van der Waals surface area contributed by atoms with Gasteiger partial charge in [-0.3, -0.25) is 24.6 Å². The Labute approximate surface area is 202 Å². The van der Waals surface area contributed by atoms with Gasteiger partial charge in [-0.1, -0.05) is 52.3 Å². The Morgan fingerprint density at radius 3 is 2.55 bits per heavy atom. The van der Waals surface area contributed by atoms with Crippen molar-refractivity contribution in [2.24, 2.45) is 0 Å². The van der Waals surface area contributed by atoms with Gasteiger partial charge in [0.05, 0.1) is 21.9 Å². The molecule has 0 spiro atoms. The number of imide groups is 1. The van der Waals surface area contributed by atoms with Crippen LogP contribution in [0.5, 0.6) is 5.75 Å². The second-order valence-corrected chi connectivity index (χ2v) is 9.05. The van der Waals surface area contributed by atoms with Crippen LogP contribution in [0.3, 0.4) is 0 Å². The minimum Gasteiger partial charge on any atom is -0.489 e. The summed E-state index contributed by atoms with van der Waals surface area (Å²) in [5.41, 5.74) is 1.99. The van der Waals surface area contributed by atoms with Gasteiger partial charge in [-0.05, 0) is 59.3 Å². The monoisotopic (exact) mass is 524 g/mol. The molecule has 1 aliphatic rings. The molecule has 9 heteroatoms. The van der Waals surface area contributed by atoms with Crippen LogP contribution in [0, 0.1) is 10.1 Å². The smallest absolute Gasteiger partial charge is 0.293 e. The van der Waals surface area contributed by atoms with Crippen molar-refractivity contribution in [1.29, 1.82) is 0 Å². The number of rotatable bonds is 7. The number of carbonyl (C=O) groups is 2. The summed E-state index contributed by atoms with van der Waals surface area (Å²) in [4.78, 5) is 37.5. The third-order valence-electron chi connectivity index (χ3n) is 4.87. The highest BCUT2D eigenvalue weighted by atomic mass is 79.9. The number of nitro groups is 1. The molecule has 0 radical (unpaired) electrons. The maximum Gasteiger partial charge on any atom is 0.293 e. The lowest BCUT2D eigenvalue weighted by atomic mass is 10.1. The van der Waals surface area contributed by atoms with Gasteiger partial charge in [0.1, 0.15) is 12.4 Å². The second-order valence-electron chi connectivity index (χ2n) is 7.14. The number of thioether (sulfide) groups is 1. The lowest BCUT2D eigenvalue weighted by molar-refractivity contribution is -0.385. The van der Waals surface area contributed by atoms with Crippen molar-refractivity contribution in [3.63, 3.8) is 0 Å². The number of nitro benzene ring substituents is 1. The van der Waals surface area contributed by atoms with E-state index < -0.39 is 4.92 Å². The summed E-state index contributed by atoms with van der Waals surface area (Å²) in [6, 6.07) is 20.8. The van der Waals surface area contributed by atoms with E-state index >= 15 is 0 Å². The second kappa shape index (κ2) is 10.0. The van der Waals surface area contributed by atoms with Crippen LogP contribution in [0.2, 0.25) is 0 Å². The summed E-state index contributed by atoms with van der Waals surface area (Å²) in [7, 11) is 0. The number of nitrogens with zero attached hydrogens (tertiary/aromatic N) is 2. The van der Waals surface area contributed by atoms with Crippen LogP contribution in [0.15, 0.2) is 82.2 Å². The molecule has 0 N–H and O–H groups in total. The largest absolute Gasteiger partial charge is 0.489 e. The molecule has 0 bridgehead atoms. The molecule has 3 aromatic rings. The van der Waals surface area contributed by atoms with Gasteiger partial charge in [0.15, 0.2) is 0 Å². The third-order valence-corrected chi connectivity index (χ3v) is 6.30. The molecule has 7 nitrogen and oxygen atoms in total. The number of para-hydroxylation sites is 1. The van der Waals surface area contributed by atoms with Gasteiger partial charge in [-0.2, -0.15) is 0 Å². The molecule has 3 aromatic carbocycles. The Balaban J connectivity index is 1.47. The van der Waals surface area contributed by atoms with E-state index in [1.54, 1.807) is 48.5 Å². The van der Waals surface area contributed by atoms with E-state index in [1.165, 1.54) is 11.0 Å². The fourth-order valence-electron chi connectivity index (χ4n) is 3.23. The number of benzene rings is 3. The van der Waals surface area contributed by atoms with Crippen molar-refractivity contribution in [2.75, 3.05) is 0 Å². The molecule has 0 atom stereocenters. The zero-order valence-corrected chi connectivity index (χ0v) is 19.5. The average Bonchev–Trinajstić information content (AvgIpc) is 3.06. The fourth-order valence-corrected chi connectivity index (χ4v) is 4.33. The van der Waals surface area contributed by atoms with Crippen molar-refractivity contribution in [3.05, 3.63) is 109 Å². The summed E-state index contributed by atoms with van der Waals surface area (Å²) in [6.45, 7) is 0.235. The highest BCUT2D eigenvalue weighted by Crippen LogP contribution is 2.34. The van der Waals surface area contributed by atoms with Crippen molar-refractivity contribution < 1.29 is 19.2 Å². The highest BCUT2D eigenvalue weighted by molar-refractivity contribution is 9.10. The Morgan fingerprint density at radius 2 is 1.79 bits per heavy atom. The number of carbonyl (C=O) groups excluding carboxylic acids is 2. The van der Waals surface area contributed by atoms with E-state index in [4.69, 9.17) is 4.74 Å². The molecular formula is C24H17BrN2O5S. The Kier molecular flexibility index (Phi) is 6.90. The minimum absolute atomic E-state index is 0.00639. The van der Waals surface area contributed by atoms with Crippen LogP contribution in [0.25, 0.3) is 6.08 Å².